The largest absolute Gasteiger partial charge is 0.497 e. The van der Waals surface area contributed by atoms with Gasteiger partial charge in [-0.3, -0.25) is 0 Å². The van der Waals surface area contributed by atoms with Gasteiger partial charge in [-0.2, -0.15) is 9.37 Å². The summed E-state index contributed by atoms with van der Waals surface area (Å²) < 4.78 is 46.8. The van der Waals surface area contributed by atoms with E-state index in [-0.39, 0.29) is 11.6 Å². The van der Waals surface area contributed by atoms with Crippen LogP contribution in [0.2, 0.25) is 0 Å². The van der Waals surface area contributed by atoms with Gasteiger partial charge in [-0.25, -0.2) is 14.1 Å². The molecule has 2 aromatic heterocycles. The lowest BCUT2D eigenvalue weighted by molar-refractivity contribution is 0.00578. The van der Waals surface area contributed by atoms with Gasteiger partial charge in [0.05, 0.1) is 23.9 Å². The van der Waals surface area contributed by atoms with Crippen LogP contribution in [-0.4, -0.2) is 45.2 Å². The minimum atomic E-state index is -0.797. The Bertz CT molecular complexity index is 1150. The van der Waals surface area contributed by atoms with E-state index in [9.17, 15) is 8.78 Å². The van der Waals surface area contributed by atoms with Crippen molar-refractivity contribution >= 4 is 24.2 Å². The SMILES string of the molecule is COc1cc(F)ncc1-c1nc(Nc2ccc(B3OC(C)(C)C(C)(C)O3)c(F)c2)n(C)n1. The summed E-state index contributed by atoms with van der Waals surface area (Å²) in [6.07, 6.45) is 1.30. The molecule has 3 heterocycles. The summed E-state index contributed by atoms with van der Waals surface area (Å²) >= 11 is 0. The number of anilines is 2. The summed E-state index contributed by atoms with van der Waals surface area (Å²) in [5, 5.41) is 7.35. The molecular formula is C21H24BF2N5O3. The first kappa shape index (κ1) is 22.2. The lowest BCUT2D eigenvalue weighted by atomic mass is 9.78. The molecule has 0 radical (unpaired) electrons. The molecule has 0 atom stereocenters. The Morgan fingerprint density at radius 3 is 2.41 bits per heavy atom. The zero-order valence-corrected chi connectivity index (χ0v) is 18.7. The molecule has 8 nitrogen and oxygen atoms in total. The highest BCUT2D eigenvalue weighted by molar-refractivity contribution is 6.62. The molecule has 1 fully saturated rings. The first-order valence-corrected chi connectivity index (χ1v) is 10.0. The van der Waals surface area contributed by atoms with Crippen LogP contribution in [0.3, 0.4) is 0 Å². The zero-order chi connectivity index (χ0) is 23.3. The predicted molar refractivity (Wildman–Crippen MR) is 116 cm³/mol. The van der Waals surface area contributed by atoms with Gasteiger partial charge in [0.1, 0.15) is 11.6 Å². The van der Waals surface area contributed by atoms with Gasteiger partial charge in [0.2, 0.25) is 11.9 Å². The molecule has 32 heavy (non-hydrogen) atoms. The second kappa shape index (κ2) is 7.82. The summed E-state index contributed by atoms with van der Waals surface area (Å²) in [6, 6.07) is 5.82. The topological polar surface area (TPSA) is 83.3 Å². The number of halogens is 2. The average Bonchev–Trinajstić information content (AvgIpc) is 3.17. The van der Waals surface area contributed by atoms with E-state index in [2.05, 4.69) is 20.4 Å². The Kier molecular flexibility index (Phi) is 5.42. The molecule has 0 bridgehead atoms. The quantitative estimate of drug-likeness (QED) is 0.479. The molecule has 0 spiro atoms. The number of nitrogens with zero attached hydrogens (tertiary/aromatic N) is 4. The minimum absolute atomic E-state index is 0.257. The Labute approximate surface area is 185 Å². The van der Waals surface area contributed by atoms with Crippen molar-refractivity contribution < 1.29 is 22.8 Å². The zero-order valence-electron chi connectivity index (χ0n) is 18.7. The third kappa shape index (κ3) is 3.93. The van der Waals surface area contributed by atoms with E-state index in [1.54, 1.807) is 19.2 Å². The number of aromatic nitrogens is 4. The smallest absolute Gasteiger partial charge is 0.496 e. The number of aryl methyl sites for hydroxylation is 1. The van der Waals surface area contributed by atoms with E-state index in [1.165, 1.54) is 24.1 Å². The minimum Gasteiger partial charge on any atom is -0.496 e. The van der Waals surface area contributed by atoms with E-state index in [0.29, 0.717) is 22.7 Å². The van der Waals surface area contributed by atoms with Crippen LogP contribution in [0, 0.1) is 11.8 Å². The molecule has 3 aromatic rings. The normalized spacial score (nSPS) is 16.9. The van der Waals surface area contributed by atoms with E-state index < -0.39 is 30.1 Å². The van der Waals surface area contributed by atoms with Gasteiger partial charge in [0, 0.05) is 30.5 Å². The second-order valence-electron chi connectivity index (χ2n) is 8.54. The number of benzene rings is 1. The molecular weight excluding hydrogens is 419 g/mol. The van der Waals surface area contributed by atoms with Gasteiger partial charge in [0.15, 0.2) is 5.82 Å². The Morgan fingerprint density at radius 2 is 1.78 bits per heavy atom. The maximum absolute atomic E-state index is 14.9. The molecule has 1 saturated heterocycles. The fraction of sp³-hybridized carbons (Fsp3) is 0.381. The van der Waals surface area contributed by atoms with Crippen LogP contribution < -0.4 is 15.5 Å². The molecule has 0 saturated carbocycles. The van der Waals surface area contributed by atoms with Crippen molar-refractivity contribution in [1.29, 1.82) is 0 Å². The molecule has 4 rings (SSSR count). The van der Waals surface area contributed by atoms with E-state index >= 15 is 0 Å². The van der Waals surface area contributed by atoms with Gasteiger partial charge < -0.3 is 19.4 Å². The number of hydrogen-bond donors (Lipinski definition) is 1. The molecule has 11 heteroatoms. The van der Waals surface area contributed by atoms with Crippen molar-refractivity contribution in [3.63, 3.8) is 0 Å². The molecule has 0 aliphatic carbocycles. The highest BCUT2D eigenvalue weighted by Gasteiger charge is 2.52. The Balaban J connectivity index is 1.57. The van der Waals surface area contributed by atoms with Crippen molar-refractivity contribution in [2.45, 2.75) is 38.9 Å². The maximum atomic E-state index is 14.9. The lowest BCUT2D eigenvalue weighted by Crippen LogP contribution is -2.41. The van der Waals surface area contributed by atoms with E-state index in [1.807, 2.05) is 27.7 Å². The number of rotatable bonds is 5. The number of hydrogen-bond acceptors (Lipinski definition) is 7. The molecule has 1 aliphatic heterocycles. The van der Waals surface area contributed by atoms with Gasteiger partial charge in [-0.05, 0) is 39.8 Å². The van der Waals surface area contributed by atoms with E-state index in [0.717, 1.165) is 6.07 Å². The van der Waals surface area contributed by atoms with Crippen LogP contribution in [0.1, 0.15) is 27.7 Å². The van der Waals surface area contributed by atoms with Crippen molar-refractivity contribution in [3.8, 4) is 17.1 Å². The van der Waals surface area contributed by atoms with Gasteiger partial charge in [-0.1, -0.05) is 6.07 Å². The summed E-state index contributed by atoms with van der Waals surface area (Å²) in [7, 11) is 2.30. The molecule has 1 aliphatic rings. The lowest BCUT2D eigenvalue weighted by Gasteiger charge is -2.32. The first-order chi connectivity index (χ1) is 15.0. The fourth-order valence-corrected chi connectivity index (χ4v) is 3.25. The van der Waals surface area contributed by atoms with Crippen LogP contribution in [-0.2, 0) is 16.4 Å². The third-order valence-electron chi connectivity index (χ3n) is 5.82. The number of nitrogens with one attached hydrogen (secondary N) is 1. The Hall–Kier alpha value is -3.05. The fourth-order valence-electron chi connectivity index (χ4n) is 3.25. The van der Waals surface area contributed by atoms with Crippen molar-refractivity contribution in [2.24, 2.45) is 7.05 Å². The van der Waals surface area contributed by atoms with Crippen LogP contribution in [0.25, 0.3) is 11.4 Å². The van der Waals surface area contributed by atoms with Crippen LogP contribution >= 0.6 is 0 Å². The molecule has 1 N–H and O–H groups in total. The highest BCUT2D eigenvalue weighted by Crippen LogP contribution is 2.37. The first-order valence-electron chi connectivity index (χ1n) is 10.0. The van der Waals surface area contributed by atoms with E-state index in [4.69, 9.17) is 14.0 Å². The van der Waals surface area contributed by atoms with Gasteiger partial charge >= 0.3 is 7.12 Å². The van der Waals surface area contributed by atoms with Crippen molar-refractivity contribution in [3.05, 3.63) is 42.2 Å². The van der Waals surface area contributed by atoms with Crippen molar-refractivity contribution in [2.75, 3.05) is 12.4 Å². The predicted octanol–water partition coefficient (Wildman–Crippen LogP) is 3.21. The second-order valence-corrected chi connectivity index (χ2v) is 8.54. The summed E-state index contributed by atoms with van der Waals surface area (Å²) in [5.74, 6) is -0.243. The average molecular weight is 443 g/mol. The number of pyridine rings is 1. The number of ether oxygens (including phenoxy) is 1. The molecule has 1 aromatic carbocycles. The van der Waals surface area contributed by atoms with Crippen LogP contribution in [0.15, 0.2) is 30.5 Å². The monoisotopic (exact) mass is 443 g/mol. The standard InChI is InChI=1S/C21H24BF2N5O3/c1-20(2)21(3,4)32-22(31-20)14-8-7-12(9-15(14)23)26-19-27-18(28-29(19)5)13-11-25-17(24)10-16(13)30-6/h7-11H,1-6H3,(H,26,27,28). The maximum Gasteiger partial charge on any atom is 0.497 e. The van der Waals surface area contributed by atoms with Gasteiger partial charge in [-0.15, -0.1) is 5.10 Å². The van der Waals surface area contributed by atoms with Crippen LogP contribution in [0.5, 0.6) is 5.75 Å². The molecule has 0 amide bonds. The summed E-state index contributed by atoms with van der Waals surface area (Å²) in [6.45, 7) is 7.66. The molecule has 0 unspecified atom stereocenters. The summed E-state index contributed by atoms with van der Waals surface area (Å²) in [4.78, 5) is 8.04. The summed E-state index contributed by atoms with van der Waals surface area (Å²) in [5.41, 5.74) is 0.0855. The number of methoxy groups -OCH3 is 1. The van der Waals surface area contributed by atoms with Crippen molar-refractivity contribution in [1.82, 2.24) is 19.7 Å². The highest BCUT2D eigenvalue weighted by atomic mass is 19.1. The van der Waals surface area contributed by atoms with Crippen LogP contribution in [0.4, 0.5) is 20.4 Å². The molecule has 168 valence electrons. The van der Waals surface area contributed by atoms with Gasteiger partial charge in [0.25, 0.3) is 0 Å². The third-order valence-corrected chi connectivity index (χ3v) is 5.82. The Morgan fingerprint density at radius 1 is 1.09 bits per heavy atom.